The van der Waals surface area contributed by atoms with E-state index < -0.39 is 0 Å². The first-order valence-corrected chi connectivity index (χ1v) is 9.04. The minimum absolute atomic E-state index is 0.200. The van der Waals surface area contributed by atoms with E-state index >= 15 is 0 Å². The number of aromatic amines is 1. The number of nitrogens with one attached hydrogen (secondary N) is 1. The molecule has 6 heteroatoms. The summed E-state index contributed by atoms with van der Waals surface area (Å²) in [4.78, 5) is 25.4. The van der Waals surface area contributed by atoms with Crippen molar-refractivity contribution in [2.75, 3.05) is 13.7 Å². The summed E-state index contributed by atoms with van der Waals surface area (Å²) < 4.78 is 5.21. The Morgan fingerprint density at radius 1 is 1.11 bits per heavy atom. The Balaban J connectivity index is 1.76. The summed E-state index contributed by atoms with van der Waals surface area (Å²) in [7, 11) is 1.72. The standard InChI is InChI=1S/C21H23N3O3/c1-3-4-13-27-21(26)24(2)14-15-9-11-16(12-10-15)19-17-7-5-6-8-18(17)20(25)23-22-19/h5-12H,3-4,13-14H2,1-2H3,(H,23,25). The van der Waals surface area contributed by atoms with Crippen LogP contribution >= 0.6 is 0 Å². The van der Waals surface area contributed by atoms with Crippen LogP contribution in [-0.4, -0.2) is 34.8 Å². The highest BCUT2D eigenvalue weighted by atomic mass is 16.6. The summed E-state index contributed by atoms with van der Waals surface area (Å²) in [6, 6.07) is 15.2. The Morgan fingerprint density at radius 3 is 2.52 bits per heavy atom. The zero-order valence-electron chi connectivity index (χ0n) is 15.6. The Hall–Kier alpha value is -3.15. The van der Waals surface area contributed by atoms with E-state index in [1.807, 2.05) is 42.5 Å². The fourth-order valence-corrected chi connectivity index (χ4v) is 2.86. The van der Waals surface area contributed by atoms with E-state index in [2.05, 4.69) is 17.1 Å². The second-order valence-corrected chi connectivity index (χ2v) is 6.47. The average molecular weight is 365 g/mol. The summed E-state index contributed by atoms with van der Waals surface area (Å²) in [6.45, 7) is 2.97. The fourth-order valence-electron chi connectivity index (χ4n) is 2.86. The highest BCUT2D eigenvalue weighted by Crippen LogP contribution is 2.24. The van der Waals surface area contributed by atoms with Gasteiger partial charge in [0, 0.05) is 24.5 Å². The van der Waals surface area contributed by atoms with E-state index in [0.29, 0.717) is 18.5 Å². The van der Waals surface area contributed by atoms with Crippen LogP contribution in [0.5, 0.6) is 0 Å². The normalized spacial score (nSPS) is 10.7. The van der Waals surface area contributed by atoms with Crippen molar-refractivity contribution in [3.8, 4) is 11.3 Å². The molecule has 1 aromatic heterocycles. The van der Waals surface area contributed by atoms with Crippen molar-refractivity contribution in [1.82, 2.24) is 15.1 Å². The number of carbonyl (C=O) groups is 1. The Kier molecular flexibility index (Phi) is 5.86. The molecular formula is C21H23N3O3. The van der Waals surface area contributed by atoms with Gasteiger partial charge in [-0.05, 0) is 18.1 Å². The molecule has 1 N–H and O–H groups in total. The van der Waals surface area contributed by atoms with E-state index in [1.165, 1.54) is 0 Å². The van der Waals surface area contributed by atoms with Crippen molar-refractivity contribution in [2.45, 2.75) is 26.3 Å². The number of aromatic nitrogens is 2. The molecule has 27 heavy (non-hydrogen) atoms. The van der Waals surface area contributed by atoms with Crippen LogP contribution in [0.25, 0.3) is 22.0 Å². The summed E-state index contributed by atoms with van der Waals surface area (Å²) in [5, 5.41) is 8.19. The number of carbonyl (C=O) groups excluding carboxylic acids is 1. The predicted octanol–water partition coefficient (Wildman–Crippen LogP) is 3.96. The van der Waals surface area contributed by atoms with E-state index in [9.17, 15) is 9.59 Å². The summed E-state index contributed by atoms with van der Waals surface area (Å²) in [5.74, 6) is 0. The zero-order chi connectivity index (χ0) is 19.2. The number of fused-ring (bicyclic) bond motifs is 1. The molecule has 0 atom stereocenters. The van der Waals surface area contributed by atoms with Gasteiger partial charge in [0.05, 0.1) is 17.7 Å². The first-order valence-electron chi connectivity index (χ1n) is 9.04. The van der Waals surface area contributed by atoms with Crippen LogP contribution in [0.15, 0.2) is 53.3 Å². The van der Waals surface area contributed by atoms with Crippen LogP contribution in [-0.2, 0) is 11.3 Å². The molecule has 3 aromatic rings. The smallest absolute Gasteiger partial charge is 0.409 e. The molecule has 6 nitrogen and oxygen atoms in total. The van der Waals surface area contributed by atoms with Crippen LogP contribution in [0.1, 0.15) is 25.3 Å². The third-order valence-corrected chi connectivity index (χ3v) is 4.38. The molecule has 1 amide bonds. The van der Waals surface area contributed by atoms with Gasteiger partial charge in [0.15, 0.2) is 0 Å². The second-order valence-electron chi connectivity index (χ2n) is 6.47. The number of hydrogen-bond acceptors (Lipinski definition) is 4. The monoisotopic (exact) mass is 365 g/mol. The molecule has 2 aromatic carbocycles. The molecule has 0 aliphatic carbocycles. The summed E-state index contributed by atoms with van der Waals surface area (Å²) in [6.07, 6.45) is 1.54. The number of hydrogen-bond donors (Lipinski definition) is 1. The number of rotatable bonds is 6. The number of H-pyrrole nitrogens is 1. The molecule has 0 bridgehead atoms. The molecule has 3 rings (SSSR count). The molecule has 140 valence electrons. The molecule has 0 fully saturated rings. The van der Waals surface area contributed by atoms with Gasteiger partial charge in [-0.1, -0.05) is 55.8 Å². The van der Waals surface area contributed by atoms with Gasteiger partial charge < -0.3 is 9.64 Å². The Morgan fingerprint density at radius 2 is 1.81 bits per heavy atom. The number of benzene rings is 2. The molecule has 0 aliphatic rings. The molecular weight excluding hydrogens is 342 g/mol. The number of nitrogens with zero attached hydrogens (tertiary/aromatic N) is 2. The molecule has 0 saturated heterocycles. The first kappa shape index (κ1) is 18.6. The predicted molar refractivity (Wildman–Crippen MR) is 106 cm³/mol. The van der Waals surface area contributed by atoms with E-state index in [4.69, 9.17) is 4.74 Å². The van der Waals surface area contributed by atoms with E-state index in [0.717, 1.165) is 35.0 Å². The fraction of sp³-hybridized carbons (Fsp3) is 0.286. The van der Waals surface area contributed by atoms with Crippen LogP contribution in [0.2, 0.25) is 0 Å². The SMILES string of the molecule is CCCCOC(=O)N(C)Cc1ccc(-c2n[nH]c(=O)c3ccccc23)cc1. The van der Waals surface area contributed by atoms with Gasteiger partial charge in [-0.3, -0.25) is 4.79 Å². The van der Waals surface area contributed by atoms with Gasteiger partial charge in [-0.25, -0.2) is 9.89 Å². The quantitative estimate of drug-likeness (QED) is 0.671. The van der Waals surface area contributed by atoms with Crippen LogP contribution in [0.3, 0.4) is 0 Å². The minimum atomic E-state index is -0.319. The summed E-state index contributed by atoms with van der Waals surface area (Å²) >= 11 is 0. The Labute approximate surface area is 157 Å². The van der Waals surface area contributed by atoms with Gasteiger partial charge >= 0.3 is 6.09 Å². The maximum Gasteiger partial charge on any atom is 0.409 e. The van der Waals surface area contributed by atoms with Crippen molar-refractivity contribution in [2.24, 2.45) is 0 Å². The average Bonchev–Trinajstić information content (AvgIpc) is 2.69. The van der Waals surface area contributed by atoms with Gasteiger partial charge in [-0.2, -0.15) is 5.10 Å². The number of amides is 1. The second kappa shape index (κ2) is 8.49. The lowest BCUT2D eigenvalue weighted by Gasteiger charge is -2.17. The molecule has 1 heterocycles. The lowest BCUT2D eigenvalue weighted by molar-refractivity contribution is 0.108. The van der Waals surface area contributed by atoms with Gasteiger partial charge in [0.25, 0.3) is 5.56 Å². The third-order valence-electron chi connectivity index (χ3n) is 4.38. The van der Waals surface area contributed by atoms with Crippen molar-refractivity contribution >= 4 is 16.9 Å². The van der Waals surface area contributed by atoms with E-state index in [1.54, 1.807) is 18.0 Å². The van der Waals surface area contributed by atoms with Crippen LogP contribution < -0.4 is 5.56 Å². The van der Waals surface area contributed by atoms with Crippen molar-refractivity contribution in [3.63, 3.8) is 0 Å². The van der Waals surface area contributed by atoms with Crippen LogP contribution in [0.4, 0.5) is 4.79 Å². The van der Waals surface area contributed by atoms with Gasteiger partial charge in [0.2, 0.25) is 0 Å². The first-order chi connectivity index (χ1) is 13.1. The van der Waals surface area contributed by atoms with Crippen molar-refractivity contribution < 1.29 is 9.53 Å². The highest BCUT2D eigenvalue weighted by Gasteiger charge is 2.12. The minimum Gasteiger partial charge on any atom is -0.449 e. The molecule has 0 spiro atoms. The number of ether oxygens (including phenoxy) is 1. The zero-order valence-corrected chi connectivity index (χ0v) is 15.6. The Bertz CT molecular complexity index is 980. The maximum atomic E-state index is 11.9. The molecule has 0 saturated carbocycles. The maximum absolute atomic E-state index is 11.9. The number of unbranched alkanes of at least 4 members (excludes halogenated alkanes) is 1. The van der Waals surface area contributed by atoms with Crippen LogP contribution in [0, 0.1) is 0 Å². The molecule has 0 unspecified atom stereocenters. The van der Waals surface area contributed by atoms with Crippen molar-refractivity contribution in [1.29, 1.82) is 0 Å². The third kappa shape index (κ3) is 4.34. The molecule has 0 aliphatic heterocycles. The van der Waals surface area contributed by atoms with E-state index in [-0.39, 0.29) is 11.7 Å². The van der Waals surface area contributed by atoms with Gasteiger partial charge in [-0.15, -0.1) is 0 Å². The highest BCUT2D eigenvalue weighted by molar-refractivity contribution is 5.93. The molecule has 0 radical (unpaired) electrons. The van der Waals surface area contributed by atoms with Crippen molar-refractivity contribution in [3.05, 3.63) is 64.4 Å². The lowest BCUT2D eigenvalue weighted by atomic mass is 10.0. The van der Waals surface area contributed by atoms with Gasteiger partial charge in [0.1, 0.15) is 0 Å². The summed E-state index contributed by atoms with van der Waals surface area (Å²) in [5.41, 5.74) is 2.42. The topological polar surface area (TPSA) is 75.3 Å². The lowest BCUT2D eigenvalue weighted by Crippen LogP contribution is -2.27. The largest absolute Gasteiger partial charge is 0.449 e.